The van der Waals surface area contributed by atoms with Crippen molar-refractivity contribution in [1.82, 2.24) is 20.4 Å². The normalized spacial score (nSPS) is 17.0. The molecule has 0 aliphatic carbocycles. The van der Waals surface area contributed by atoms with Gasteiger partial charge in [0.05, 0.1) is 17.8 Å². The summed E-state index contributed by atoms with van der Waals surface area (Å²) < 4.78 is 71.5. The molecule has 0 radical (unpaired) electrons. The van der Waals surface area contributed by atoms with Crippen molar-refractivity contribution in [3.05, 3.63) is 113 Å². The van der Waals surface area contributed by atoms with Gasteiger partial charge in [-0.25, -0.2) is 13.5 Å². The Morgan fingerprint density at radius 3 is 2.41 bits per heavy atom. The number of nitrogens with zero attached hydrogens (tertiary/aromatic N) is 4. The minimum atomic E-state index is -4.71. The van der Waals surface area contributed by atoms with Gasteiger partial charge in [-0.3, -0.25) is 14.5 Å². The molecule has 2 N–H and O–H groups in total. The second-order valence-electron chi connectivity index (χ2n) is 9.97. The first-order valence-electron chi connectivity index (χ1n) is 13.5. The third-order valence-corrected chi connectivity index (χ3v) is 7.30. The number of hydrogen-bond acceptors (Lipinski definition) is 5. The fourth-order valence-electron chi connectivity index (χ4n) is 5.33. The highest BCUT2D eigenvalue weighted by molar-refractivity contribution is 6.05. The van der Waals surface area contributed by atoms with Crippen LogP contribution < -0.4 is 15.5 Å². The molecule has 0 fully saturated rings. The number of fused-ring (bicyclic) bond motifs is 1. The van der Waals surface area contributed by atoms with Crippen LogP contribution in [0.25, 0.3) is 5.69 Å². The van der Waals surface area contributed by atoms with Gasteiger partial charge >= 0.3 is 6.18 Å². The van der Waals surface area contributed by atoms with Gasteiger partial charge in [-0.1, -0.05) is 36.4 Å². The van der Waals surface area contributed by atoms with Gasteiger partial charge in [-0.2, -0.15) is 23.5 Å². The molecule has 2 amide bonds. The molecule has 1 aromatic heterocycles. The van der Waals surface area contributed by atoms with E-state index in [0.717, 1.165) is 24.3 Å². The number of carbonyl (C=O) groups is 2. The van der Waals surface area contributed by atoms with Gasteiger partial charge < -0.3 is 10.6 Å². The monoisotopic (exact) mass is 608 g/mol. The number of aromatic nitrogens is 2. The number of amides is 2. The lowest BCUT2D eigenvalue weighted by Gasteiger charge is -2.38. The fourth-order valence-corrected chi connectivity index (χ4v) is 5.33. The van der Waals surface area contributed by atoms with Crippen LogP contribution >= 0.6 is 0 Å². The number of alkyl halides is 4. The lowest BCUT2D eigenvalue weighted by atomic mass is 9.80. The van der Waals surface area contributed by atoms with Crippen LogP contribution in [0, 0.1) is 17.3 Å². The zero-order valence-electron chi connectivity index (χ0n) is 23.1. The number of likely N-dealkylation sites (N-methyl/N-ethyl adjacent to an activating group) is 1. The van der Waals surface area contributed by atoms with Gasteiger partial charge in [0.25, 0.3) is 11.8 Å². The molecule has 5 rings (SSSR count). The van der Waals surface area contributed by atoms with E-state index in [-0.39, 0.29) is 29.2 Å². The molecule has 13 heteroatoms. The summed E-state index contributed by atoms with van der Waals surface area (Å²) >= 11 is 0. The van der Waals surface area contributed by atoms with Crippen molar-refractivity contribution in [2.75, 3.05) is 18.0 Å². The van der Waals surface area contributed by atoms with Gasteiger partial charge in [-0.05, 0) is 55.0 Å². The maximum Gasteiger partial charge on any atom is 0.416 e. The van der Waals surface area contributed by atoms with Gasteiger partial charge in [0, 0.05) is 23.6 Å². The van der Waals surface area contributed by atoms with Crippen LogP contribution in [0.15, 0.2) is 78.9 Å². The molecule has 2 heterocycles. The number of nitrogens with one attached hydrogen (secondary N) is 2. The van der Waals surface area contributed by atoms with Gasteiger partial charge in [0.15, 0.2) is 12.4 Å². The Labute approximate surface area is 248 Å². The van der Waals surface area contributed by atoms with Crippen LogP contribution in [-0.2, 0) is 11.0 Å². The SMILES string of the molecule is CCN1C(=O)C(NC(=O)c2cccc(C(F)(F)F)c2)C(c2ccc(F)cc2)c2c(C(F)CNC#N)nn(-c3ccccc3)c21. The van der Waals surface area contributed by atoms with E-state index in [1.807, 2.05) is 0 Å². The Balaban J connectivity index is 1.72. The third kappa shape index (κ3) is 5.70. The first-order valence-corrected chi connectivity index (χ1v) is 13.5. The summed E-state index contributed by atoms with van der Waals surface area (Å²) in [6.07, 6.45) is -4.91. The third-order valence-electron chi connectivity index (χ3n) is 7.30. The summed E-state index contributed by atoms with van der Waals surface area (Å²) in [5, 5.41) is 18.4. The number of hydrogen-bond donors (Lipinski definition) is 2. The van der Waals surface area contributed by atoms with E-state index in [1.165, 1.54) is 27.8 Å². The summed E-state index contributed by atoms with van der Waals surface area (Å²) in [6.45, 7) is 1.27. The minimum absolute atomic E-state index is 0.0588. The smallest absolute Gasteiger partial charge is 0.339 e. The first-order chi connectivity index (χ1) is 21.0. The maximum absolute atomic E-state index is 15.9. The topological polar surface area (TPSA) is 103 Å². The summed E-state index contributed by atoms with van der Waals surface area (Å²) in [7, 11) is 0. The van der Waals surface area contributed by atoms with Crippen molar-refractivity contribution in [2.24, 2.45) is 0 Å². The van der Waals surface area contributed by atoms with E-state index in [2.05, 4.69) is 15.7 Å². The molecule has 8 nitrogen and oxygen atoms in total. The highest BCUT2D eigenvalue weighted by Gasteiger charge is 2.47. The molecular weight excluding hydrogens is 583 g/mol. The lowest BCUT2D eigenvalue weighted by molar-refractivity contribution is -0.137. The summed E-state index contributed by atoms with van der Waals surface area (Å²) in [4.78, 5) is 28.9. The molecule has 44 heavy (non-hydrogen) atoms. The predicted molar refractivity (Wildman–Crippen MR) is 150 cm³/mol. The molecule has 226 valence electrons. The van der Waals surface area contributed by atoms with Crippen LogP contribution in [0.3, 0.4) is 0 Å². The molecule has 0 saturated carbocycles. The Morgan fingerprint density at radius 2 is 1.77 bits per heavy atom. The standard InChI is InChI=1S/C31H25F5N6O2/c1-2-41-29-25(26(23(33)16-38-17-37)40-42(29)22-9-4-3-5-10-22)24(18-11-13-21(32)14-12-18)27(30(41)44)39-28(43)19-7-6-8-20(15-19)31(34,35)36/h3-15,23-24,27,38H,2,16H2,1H3,(H,39,43). The second kappa shape index (κ2) is 12.2. The molecule has 0 bridgehead atoms. The van der Waals surface area contributed by atoms with Crippen molar-refractivity contribution >= 4 is 17.6 Å². The van der Waals surface area contributed by atoms with Crippen LogP contribution in [0.5, 0.6) is 0 Å². The van der Waals surface area contributed by atoms with E-state index in [9.17, 15) is 27.2 Å². The quantitative estimate of drug-likeness (QED) is 0.158. The second-order valence-corrected chi connectivity index (χ2v) is 9.97. The number of para-hydroxylation sites is 1. The van der Waals surface area contributed by atoms with Crippen LogP contribution in [0.4, 0.5) is 27.8 Å². The number of anilines is 1. The molecule has 0 saturated heterocycles. The zero-order chi connectivity index (χ0) is 31.6. The number of nitriles is 1. The van der Waals surface area contributed by atoms with Crippen LogP contribution in [0.2, 0.25) is 0 Å². The van der Waals surface area contributed by atoms with E-state index >= 15 is 4.39 Å². The Bertz CT molecular complexity index is 1720. The highest BCUT2D eigenvalue weighted by Crippen LogP contribution is 2.45. The molecule has 3 aromatic carbocycles. The Morgan fingerprint density at radius 1 is 1.07 bits per heavy atom. The van der Waals surface area contributed by atoms with E-state index in [1.54, 1.807) is 43.4 Å². The largest absolute Gasteiger partial charge is 0.416 e. The number of benzene rings is 3. The first kappa shape index (κ1) is 30.2. The fraction of sp³-hybridized carbons (Fsp3) is 0.226. The molecule has 3 atom stereocenters. The molecule has 4 aromatic rings. The zero-order valence-corrected chi connectivity index (χ0v) is 23.1. The lowest BCUT2D eigenvalue weighted by Crippen LogP contribution is -2.55. The number of halogens is 5. The summed E-state index contributed by atoms with van der Waals surface area (Å²) in [5.74, 6) is -3.12. The molecule has 3 unspecified atom stereocenters. The van der Waals surface area contributed by atoms with Crippen LogP contribution in [0.1, 0.15) is 51.8 Å². The van der Waals surface area contributed by atoms with Crippen molar-refractivity contribution < 1.29 is 31.5 Å². The minimum Gasteiger partial charge on any atom is -0.339 e. The van der Waals surface area contributed by atoms with Crippen LogP contribution in [-0.4, -0.2) is 40.7 Å². The van der Waals surface area contributed by atoms with Gasteiger partial charge in [-0.15, -0.1) is 0 Å². The average molecular weight is 609 g/mol. The Kier molecular flexibility index (Phi) is 8.35. The molecule has 0 spiro atoms. The Hall–Kier alpha value is -5.25. The summed E-state index contributed by atoms with van der Waals surface area (Å²) in [6, 6.07) is 16.0. The highest BCUT2D eigenvalue weighted by atomic mass is 19.4. The van der Waals surface area contributed by atoms with Gasteiger partial charge in [0.2, 0.25) is 0 Å². The molecule has 1 aliphatic rings. The van der Waals surface area contributed by atoms with E-state index in [0.29, 0.717) is 17.3 Å². The maximum atomic E-state index is 15.9. The predicted octanol–water partition coefficient (Wildman–Crippen LogP) is 5.41. The molecule has 1 aliphatic heterocycles. The van der Waals surface area contributed by atoms with E-state index in [4.69, 9.17) is 5.26 Å². The van der Waals surface area contributed by atoms with Crippen molar-refractivity contribution in [1.29, 1.82) is 5.26 Å². The van der Waals surface area contributed by atoms with Gasteiger partial charge in [0.1, 0.15) is 23.4 Å². The van der Waals surface area contributed by atoms with Crippen molar-refractivity contribution in [3.8, 4) is 11.9 Å². The van der Waals surface area contributed by atoms with Crippen molar-refractivity contribution in [3.63, 3.8) is 0 Å². The van der Waals surface area contributed by atoms with Crippen molar-refractivity contribution in [2.45, 2.75) is 31.2 Å². The van der Waals surface area contributed by atoms with E-state index < -0.39 is 54.0 Å². The molecular formula is C31H25F5N6O2. The summed E-state index contributed by atoms with van der Waals surface area (Å²) in [5.41, 5.74) is -0.523. The number of rotatable bonds is 8. The number of carbonyl (C=O) groups excluding carboxylic acids is 2. The average Bonchev–Trinajstić information content (AvgIpc) is 3.41.